The molecule has 0 aromatic carbocycles. The van der Waals surface area contributed by atoms with Crippen LogP contribution >= 0.6 is 0 Å². The minimum Gasteiger partial charge on any atom is -0.444 e. The highest BCUT2D eigenvalue weighted by Gasteiger charge is 2.22. The molecule has 18 heavy (non-hydrogen) atoms. The summed E-state index contributed by atoms with van der Waals surface area (Å²) in [6, 6.07) is 0. The van der Waals surface area contributed by atoms with Crippen LogP contribution in [-0.2, 0) is 9.53 Å². The van der Waals surface area contributed by atoms with E-state index in [1.807, 2.05) is 0 Å². The van der Waals surface area contributed by atoms with Crippen LogP contribution in [-0.4, -0.2) is 53.8 Å². The Morgan fingerprint density at radius 3 is 2.39 bits per heavy atom. The van der Waals surface area contributed by atoms with Crippen molar-refractivity contribution in [2.75, 3.05) is 26.2 Å². The molecule has 0 heterocycles. The predicted molar refractivity (Wildman–Crippen MR) is 68.2 cm³/mol. The Kier molecular flexibility index (Phi) is 7.35. The monoisotopic (exact) mass is 260 g/mol. The first-order valence-electron chi connectivity index (χ1n) is 6.15. The number of likely N-dealkylation sites (N-methyl/N-ethyl adjacent to an activating group) is 1. The third-order valence-electron chi connectivity index (χ3n) is 2.02. The number of amides is 2. The van der Waals surface area contributed by atoms with Crippen LogP contribution in [0.2, 0.25) is 0 Å². The maximum Gasteiger partial charge on any atom is 0.410 e. The molecule has 0 aliphatic rings. The van der Waals surface area contributed by atoms with Gasteiger partial charge >= 0.3 is 6.09 Å². The largest absolute Gasteiger partial charge is 0.444 e. The van der Waals surface area contributed by atoms with Gasteiger partial charge in [-0.2, -0.15) is 0 Å². The molecule has 2 N–H and O–H groups in total. The Morgan fingerprint density at radius 2 is 1.94 bits per heavy atom. The van der Waals surface area contributed by atoms with E-state index >= 15 is 0 Å². The van der Waals surface area contributed by atoms with Crippen molar-refractivity contribution in [2.45, 2.75) is 39.7 Å². The summed E-state index contributed by atoms with van der Waals surface area (Å²) in [5.41, 5.74) is -0.572. The molecule has 0 saturated heterocycles. The first kappa shape index (κ1) is 16.7. The van der Waals surface area contributed by atoms with Crippen LogP contribution in [0.15, 0.2) is 0 Å². The van der Waals surface area contributed by atoms with Crippen molar-refractivity contribution in [3.63, 3.8) is 0 Å². The van der Waals surface area contributed by atoms with Gasteiger partial charge in [-0.05, 0) is 34.1 Å². The van der Waals surface area contributed by atoms with Crippen molar-refractivity contribution >= 4 is 12.0 Å². The Hall–Kier alpha value is -1.30. The molecular formula is C12H24N2O4. The van der Waals surface area contributed by atoms with E-state index in [0.717, 1.165) is 0 Å². The van der Waals surface area contributed by atoms with Crippen molar-refractivity contribution in [1.29, 1.82) is 0 Å². The average molecular weight is 260 g/mol. The van der Waals surface area contributed by atoms with E-state index in [2.05, 4.69) is 5.32 Å². The lowest BCUT2D eigenvalue weighted by Crippen LogP contribution is -2.43. The second-order valence-electron chi connectivity index (χ2n) is 4.92. The predicted octanol–water partition coefficient (Wildman–Crippen LogP) is 0.742. The summed E-state index contributed by atoms with van der Waals surface area (Å²) >= 11 is 0. The fourth-order valence-corrected chi connectivity index (χ4v) is 1.17. The Bertz CT molecular complexity index is 274. The first-order valence-corrected chi connectivity index (χ1v) is 6.15. The molecule has 0 unspecified atom stereocenters. The van der Waals surface area contributed by atoms with Gasteiger partial charge in [0.15, 0.2) is 0 Å². The minimum atomic E-state index is -0.572. The van der Waals surface area contributed by atoms with Gasteiger partial charge in [-0.3, -0.25) is 9.69 Å². The first-order chi connectivity index (χ1) is 8.30. The fourth-order valence-electron chi connectivity index (χ4n) is 1.17. The number of aliphatic hydroxyl groups excluding tert-OH is 1. The van der Waals surface area contributed by atoms with Gasteiger partial charge in [-0.25, -0.2) is 4.79 Å². The zero-order chi connectivity index (χ0) is 14.2. The average Bonchev–Trinajstić information content (AvgIpc) is 2.23. The van der Waals surface area contributed by atoms with Crippen LogP contribution in [0, 0.1) is 0 Å². The van der Waals surface area contributed by atoms with E-state index in [1.54, 1.807) is 27.7 Å². The number of nitrogens with one attached hydrogen (secondary N) is 1. The SMILES string of the molecule is CCN(CC(=O)NCCCO)C(=O)OC(C)(C)C. The van der Waals surface area contributed by atoms with Crippen LogP contribution in [0.1, 0.15) is 34.1 Å². The highest BCUT2D eigenvalue weighted by Crippen LogP contribution is 2.09. The number of hydrogen-bond acceptors (Lipinski definition) is 4. The van der Waals surface area contributed by atoms with E-state index in [4.69, 9.17) is 9.84 Å². The topological polar surface area (TPSA) is 78.9 Å². The van der Waals surface area contributed by atoms with E-state index in [0.29, 0.717) is 19.5 Å². The fraction of sp³-hybridized carbons (Fsp3) is 0.833. The molecule has 0 aliphatic heterocycles. The smallest absolute Gasteiger partial charge is 0.410 e. The van der Waals surface area contributed by atoms with Gasteiger partial charge in [-0.1, -0.05) is 0 Å². The Morgan fingerprint density at radius 1 is 1.33 bits per heavy atom. The highest BCUT2D eigenvalue weighted by molar-refractivity contribution is 5.82. The van der Waals surface area contributed by atoms with E-state index in [1.165, 1.54) is 4.90 Å². The molecule has 0 atom stereocenters. The number of carbonyl (C=O) groups is 2. The second kappa shape index (κ2) is 7.92. The zero-order valence-electron chi connectivity index (χ0n) is 11.7. The van der Waals surface area contributed by atoms with Crippen LogP contribution < -0.4 is 5.32 Å². The van der Waals surface area contributed by atoms with Gasteiger partial charge < -0.3 is 15.2 Å². The molecule has 0 saturated carbocycles. The number of ether oxygens (including phenoxy) is 1. The summed E-state index contributed by atoms with van der Waals surface area (Å²) in [6.45, 7) is 7.93. The quantitative estimate of drug-likeness (QED) is 0.690. The lowest BCUT2D eigenvalue weighted by molar-refractivity contribution is -0.122. The van der Waals surface area contributed by atoms with Gasteiger partial charge in [0.05, 0.1) is 0 Å². The molecular weight excluding hydrogens is 236 g/mol. The van der Waals surface area contributed by atoms with Crippen LogP contribution in [0.4, 0.5) is 4.79 Å². The van der Waals surface area contributed by atoms with Crippen LogP contribution in [0.5, 0.6) is 0 Å². The molecule has 0 aromatic heterocycles. The maximum absolute atomic E-state index is 11.7. The number of hydrogen-bond donors (Lipinski definition) is 2. The molecule has 0 spiro atoms. The van der Waals surface area contributed by atoms with Crippen LogP contribution in [0.3, 0.4) is 0 Å². The van der Waals surface area contributed by atoms with E-state index in [-0.39, 0.29) is 19.1 Å². The number of nitrogens with zero attached hydrogens (tertiary/aromatic N) is 1. The molecule has 6 heteroatoms. The van der Waals surface area contributed by atoms with Crippen molar-refractivity contribution in [2.24, 2.45) is 0 Å². The molecule has 6 nitrogen and oxygen atoms in total. The summed E-state index contributed by atoms with van der Waals surface area (Å²) in [7, 11) is 0. The molecule has 106 valence electrons. The molecule has 0 bridgehead atoms. The van der Waals surface area contributed by atoms with Crippen molar-refractivity contribution < 1.29 is 19.4 Å². The van der Waals surface area contributed by atoms with Gasteiger partial charge in [-0.15, -0.1) is 0 Å². The summed E-state index contributed by atoms with van der Waals surface area (Å²) in [4.78, 5) is 24.6. The molecule has 0 rings (SSSR count). The summed E-state index contributed by atoms with van der Waals surface area (Å²) in [5, 5.41) is 11.2. The number of rotatable bonds is 6. The van der Waals surface area contributed by atoms with Crippen LogP contribution in [0.25, 0.3) is 0 Å². The molecule has 0 radical (unpaired) electrons. The van der Waals surface area contributed by atoms with Gasteiger partial charge in [0.2, 0.25) is 5.91 Å². The molecule has 0 fully saturated rings. The molecule has 2 amide bonds. The van der Waals surface area contributed by atoms with Gasteiger partial charge in [0, 0.05) is 19.7 Å². The summed E-state index contributed by atoms with van der Waals surface area (Å²) in [5.74, 6) is -0.254. The Balaban J connectivity index is 4.17. The number of aliphatic hydroxyl groups is 1. The molecule has 0 aromatic rings. The third-order valence-corrected chi connectivity index (χ3v) is 2.02. The van der Waals surface area contributed by atoms with Crippen molar-refractivity contribution in [1.82, 2.24) is 10.2 Å². The lowest BCUT2D eigenvalue weighted by atomic mass is 10.2. The van der Waals surface area contributed by atoms with Crippen molar-refractivity contribution in [3.05, 3.63) is 0 Å². The Labute approximate surface area is 108 Å². The van der Waals surface area contributed by atoms with Crippen molar-refractivity contribution in [3.8, 4) is 0 Å². The number of carbonyl (C=O) groups excluding carboxylic acids is 2. The second-order valence-corrected chi connectivity index (χ2v) is 4.92. The standard InChI is InChI=1S/C12H24N2O4/c1-5-14(11(17)18-12(2,3)4)9-10(16)13-7-6-8-15/h15H,5-9H2,1-4H3,(H,13,16). The van der Waals surface area contributed by atoms with E-state index < -0.39 is 11.7 Å². The summed E-state index contributed by atoms with van der Waals surface area (Å²) < 4.78 is 5.18. The minimum absolute atomic E-state index is 0.0309. The lowest BCUT2D eigenvalue weighted by Gasteiger charge is -2.26. The normalized spacial score (nSPS) is 10.9. The summed E-state index contributed by atoms with van der Waals surface area (Å²) in [6.07, 6.45) is 0.00641. The third kappa shape index (κ3) is 7.89. The van der Waals surface area contributed by atoms with Gasteiger partial charge in [0.1, 0.15) is 12.1 Å². The van der Waals surface area contributed by atoms with E-state index in [9.17, 15) is 9.59 Å². The maximum atomic E-state index is 11.7. The van der Waals surface area contributed by atoms with Gasteiger partial charge in [0.25, 0.3) is 0 Å². The molecule has 0 aliphatic carbocycles. The zero-order valence-corrected chi connectivity index (χ0v) is 11.7. The highest BCUT2D eigenvalue weighted by atomic mass is 16.6.